The summed E-state index contributed by atoms with van der Waals surface area (Å²) in [5.74, 6) is 3.24. The van der Waals surface area contributed by atoms with Crippen molar-refractivity contribution >= 4 is 17.2 Å². The van der Waals surface area contributed by atoms with Crippen molar-refractivity contribution < 1.29 is 38.1 Å². The van der Waals surface area contributed by atoms with Crippen LogP contribution in [0.1, 0.15) is 17.0 Å². The fourth-order valence-electron chi connectivity index (χ4n) is 4.09. The third kappa shape index (κ3) is 8.89. The number of hydrogen-bond donors (Lipinski definition) is 5. The fraction of sp³-hybridized carbons (Fsp3) is 0.100. The molecule has 0 amide bonds. The molecule has 5 aromatic rings. The summed E-state index contributed by atoms with van der Waals surface area (Å²) in [5, 5.41) is 0. The Morgan fingerprint density at radius 1 is 0.545 bits per heavy atom. The van der Waals surface area contributed by atoms with Gasteiger partial charge in [0.1, 0.15) is 42.0 Å². The van der Waals surface area contributed by atoms with E-state index in [4.69, 9.17) is 48.8 Å². The van der Waals surface area contributed by atoms with Gasteiger partial charge in [0.05, 0.1) is 6.54 Å². The van der Waals surface area contributed by atoms with Gasteiger partial charge in [0.15, 0.2) is 11.6 Å². The van der Waals surface area contributed by atoms with Gasteiger partial charge < -0.3 is 43.8 Å². The number of aromatic nitrogens is 3. The van der Waals surface area contributed by atoms with Crippen LogP contribution in [0.5, 0.6) is 23.0 Å². The van der Waals surface area contributed by atoms with Crippen molar-refractivity contribution in [2.45, 2.75) is 19.8 Å². The van der Waals surface area contributed by atoms with Gasteiger partial charge >= 0.3 is 17.2 Å². The molecule has 0 aliphatic carbocycles. The second kappa shape index (κ2) is 15.0. The standard InChI is InChI=1S/C30H28N4O8P2/c31-17-28-32-29(22-5-1-3-20(15-22)18-39-24-7-11-26(12-8-24)41-43(35)36)34-30(33-28)23-6-2-4-21(16-23)19-40-25-9-13-27(14-10-25)42-44(37)38/h1-16,35-38H,17-19,31H2. The van der Waals surface area contributed by atoms with Gasteiger partial charge in [-0.05, 0) is 71.8 Å². The van der Waals surface area contributed by atoms with Gasteiger partial charge in [-0.3, -0.25) is 0 Å². The minimum atomic E-state index is -2.48. The first-order valence-corrected chi connectivity index (χ1v) is 15.5. The molecular formula is C30H28N4O8P2. The van der Waals surface area contributed by atoms with E-state index in [0.29, 0.717) is 40.5 Å². The quantitative estimate of drug-likeness (QED) is 0.109. The first-order valence-electron chi connectivity index (χ1n) is 13.2. The van der Waals surface area contributed by atoms with Gasteiger partial charge in [0.25, 0.3) is 0 Å². The number of nitrogens with zero attached hydrogens (tertiary/aromatic N) is 3. The predicted molar refractivity (Wildman–Crippen MR) is 164 cm³/mol. The van der Waals surface area contributed by atoms with Crippen molar-refractivity contribution in [3.8, 4) is 45.8 Å². The largest absolute Gasteiger partial charge is 0.489 e. The Hall–Kier alpha value is -4.25. The second-order valence-corrected chi connectivity index (χ2v) is 10.6. The summed E-state index contributed by atoms with van der Waals surface area (Å²) in [6.07, 6.45) is 0. The van der Waals surface area contributed by atoms with Crippen LogP contribution in [0, 0.1) is 0 Å². The second-order valence-electron chi connectivity index (χ2n) is 9.21. The summed E-state index contributed by atoms with van der Waals surface area (Å²) in [5.41, 5.74) is 9.26. The van der Waals surface area contributed by atoms with Crippen molar-refractivity contribution in [3.05, 3.63) is 114 Å². The lowest BCUT2D eigenvalue weighted by Gasteiger charge is -2.11. The molecule has 0 saturated heterocycles. The minimum absolute atomic E-state index is 0.135. The van der Waals surface area contributed by atoms with Gasteiger partial charge in [-0.1, -0.05) is 36.4 Å². The van der Waals surface area contributed by atoms with Crippen LogP contribution in [-0.2, 0) is 19.8 Å². The summed E-state index contributed by atoms with van der Waals surface area (Å²) in [4.78, 5) is 49.8. The van der Waals surface area contributed by atoms with E-state index in [9.17, 15) is 0 Å². The lowest BCUT2D eigenvalue weighted by atomic mass is 10.1. The van der Waals surface area contributed by atoms with Crippen LogP contribution in [0.4, 0.5) is 0 Å². The van der Waals surface area contributed by atoms with Crippen molar-refractivity contribution in [1.82, 2.24) is 15.0 Å². The smallest absolute Gasteiger partial charge is 0.391 e. The summed E-state index contributed by atoms with van der Waals surface area (Å²) < 4.78 is 21.5. The molecule has 0 aliphatic heterocycles. The van der Waals surface area contributed by atoms with E-state index < -0.39 is 17.2 Å². The number of ether oxygens (including phenoxy) is 2. The molecule has 0 aliphatic rings. The lowest BCUT2D eigenvalue weighted by molar-refractivity contribution is 0.305. The van der Waals surface area contributed by atoms with Crippen LogP contribution in [0.2, 0.25) is 0 Å². The predicted octanol–water partition coefficient (Wildman–Crippen LogP) is 5.00. The van der Waals surface area contributed by atoms with E-state index in [2.05, 4.69) is 9.97 Å². The highest BCUT2D eigenvalue weighted by molar-refractivity contribution is 7.40. The number of rotatable bonds is 13. The fourth-order valence-corrected chi connectivity index (χ4v) is 4.71. The Morgan fingerprint density at radius 3 is 1.34 bits per heavy atom. The Labute approximate surface area is 255 Å². The van der Waals surface area contributed by atoms with E-state index in [1.54, 1.807) is 48.5 Å². The summed E-state index contributed by atoms with van der Waals surface area (Å²) in [7, 11) is -4.96. The maximum Gasteiger partial charge on any atom is 0.391 e. The maximum absolute atomic E-state index is 8.99. The van der Waals surface area contributed by atoms with Crippen molar-refractivity contribution in [3.63, 3.8) is 0 Å². The normalized spacial score (nSPS) is 11.1. The minimum Gasteiger partial charge on any atom is -0.489 e. The van der Waals surface area contributed by atoms with Crippen LogP contribution < -0.4 is 24.3 Å². The van der Waals surface area contributed by atoms with E-state index in [1.807, 2.05) is 48.5 Å². The van der Waals surface area contributed by atoms with E-state index in [-0.39, 0.29) is 19.8 Å². The molecule has 1 aromatic heterocycles. The monoisotopic (exact) mass is 634 g/mol. The molecule has 0 bridgehead atoms. The summed E-state index contributed by atoms with van der Waals surface area (Å²) in [6, 6.07) is 28.4. The van der Waals surface area contributed by atoms with Gasteiger partial charge in [0, 0.05) is 11.1 Å². The molecule has 12 nitrogen and oxygen atoms in total. The summed E-state index contributed by atoms with van der Waals surface area (Å²) >= 11 is 0. The third-order valence-corrected chi connectivity index (χ3v) is 6.82. The highest BCUT2D eigenvalue weighted by Crippen LogP contribution is 2.31. The Bertz CT molecular complexity index is 1560. The first kappa shape index (κ1) is 31.2. The van der Waals surface area contributed by atoms with Crippen LogP contribution in [-0.4, -0.2) is 34.5 Å². The molecule has 0 unspecified atom stereocenters. The van der Waals surface area contributed by atoms with Gasteiger partial charge in [-0.15, -0.1) is 0 Å². The van der Waals surface area contributed by atoms with E-state index in [1.165, 1.54) is 0 Å². The molecule has 1 heterocycles. The molecule has 5 rings (SSSR count). The Kier molecular flexibility index (Phi) is 10.6. The number of nitrogens with two attached hydrogens (primary N) is 1. The van der Waals surface area contributed by atoms with Gasteiger partial charge in [0.2, 0.25) is 0 Å². The van der Waals surface area contributed by atoms with Gasteiger partial charge in [-0.2, -0.15) is 0 Å². The zero-order valence-electron chi connectivity index (χ0n) is 23.1. The topological polar surface area (TPSA) is 183 Å². The molecule has 0 atom stereocenters. The Balaban J connectivity index is 1.29. The molecule has 14 heteroatoms. The molecule has 0 fully saturated rings. The average Bonchev–Trinajstić information content (AvgIpc) is 3.03. The average molecular weight is 635 g/mol. The zero-order chi connectivity index (χ0) is 30.9. The number of benzene rings is 4. The molecule has 4 aromatic carbocycles. The lowest BCUT2D eigenvalue weighted by Crippen LogP contribution is -2.08. The molecular weight excluding hydrogens is 606 g/mol. The molecule has 0 spiro atoms. The SMILES string of the molecule is NCc1nc(-c2cccc(COc3ccc(OP(O)O)cc3)c2)nc(-c2cccc(COc3ccc(OP(O)O)cc3)c2)n1. The third-order valence-electron chi connectivity index (χ3n) is 6.07. The maximum atomic E-state index is 8.99. The molecule has 0 saturated carbocycles. The Morgan fingerprint density at radius 2 is 0.955 bits per heavy atom. The van der Waals surface area contributed by atoms with Crippen molar-refractivity contribution in [2.75, 3.05) is 0 Å². The molecule has 0 radical (unpaired) electrons. The van der Waals surface area contributed by atoms with Crippen LogP contribution in [0.25, 0.3) is 22.8 Å². The van der Waals surface area contributed by atoms with Crippen LogP contribution in [0.3, 0.4) is 0 Å². The van der Waals surface area contributed by atoms with Gasteiger partial charge in [-0.25, -0.2) is 15.0 Å². The van der Waals surface area contributed by atoms with Crippen molar-refractivity contribution in [1.29, 1.82) is 0 Å². The number of hydrogen-bond acceptors (Lipinski definition) is 12. The van der Waals surface area contributed by atoms with E-state index in [0.717, 1.165) is 22.3 Å². The summed E-state index contributed by atoms with van der Waals surface area (Å²) in [6.45, 7) is 0.700. The van der Waals surface area contributed by atoms with Crippen molar-refractivity contribution in [2.24, 2.45) is 5.73 Å². The highest BCUT2D eigenvalue weighted by atomic mass is 31.2. The molecule has 6 N–H and O–H groups in total. The van der Waals surface area contributed by atoms with E-state index >= 15 is 0 Å². The highest BCUT2D eigenvalue weighted by Gasteiger charge is 2.12. The molecule has 44 heavy (non-hydrogen) atoms. The van der Waals surface area contributed by atoms with Crippen LogP contribution >= 0.6 is 17.2 Å². The first-order chi connectivity index (χ1) is 21.3. The molecule has 226 valence electrons. The zero-order valence-corrected chi connectivity index (χ0v) is 24.9. The van der Waals surface area contributed by atoms with Crippen LogP contribution in [0.15, 0.2) is 97.1 Å².